The Labute approximate surface area is 165 Å². The van der Waals surface area contributed by atoms with E-state index in [2.05, 4.69) is 20.3 Å². The average Bonchev–Trinajstić information content (AvgIpc) is 3.15. The molecule has 0 unspecified atom stereocenters. The quantitative estimate of drug-likeness (QED) is 0.540. The molecule has 4 rings (SSSR count). The Kier molecular flexibility index (Phi) is 4.99. The number of para-hydroxylation sites is 2. The van der Waals surface area contributed by atoms with Crippen molar-refractivity contribution in [1.82, 2.24) is 15.0 Å². The molecule has 4 aromatic rings. The molecule has 0 aliphatic carbocycles. The van der Waals surface area contributed by atoms with Crippen molar-refractivity contribution in [2.45, 2.75) is 19.8 Å². The molecular weight excluding hydrogens is 372 g/mol. The number of carbonyl (C=O) groups is 1. The number of nitrogens with one attached hydrogen (secondary N) is 2. The minimum Gasteiger partial charge on any atom is -0.319 e. The topological polar surface area (TPSA) is 87.7 Å². The molecule has 140 valence electrons. The summed E-state index contributed by atoms with van der Waals surface area (Å²) in [5.41, 5.74) is 4.51. The highest BCUT2D eigenvalue weighted by Gasteiger charge is 2.11. The lowest BCUT2D eigenvalue weighted by Gasteiger charge is -2.03. The Morgan fingerprint density at radius 1 is 1.11 bits per heavy atom. The van der Waals surface area contributed by atoms with E-state index in [1.54, 1.807) is 6.07 Å². The summed E-state index contributed by atoms with van der Waals surface area (Å²) in [6, 6.07) is 15.4. The number of benzene rings is 2. The molecule has 28 heavy (non-hydrogen) atoms. The number of aryl methyl sites for hydroxylation is 2. The third-order valence-electron chi connectivity index (χ3n) is 4.36. The highest BCUT2D eigenvalue weighted by Crippen LogP contribution is 2.25. The maximum atomic E-state index is 12.3. The van der Waals surface area contributed by atoms with E-state index in [4.69, 9.17) is 0 Å². The molecule has 0 atom stereocenters. The van der Waals surface area contributed by atoms with Crippen molar-refractivity contribution in [1.29, 1.82) is 0 Å². The van der Waals surface area contributed by atoms with Crippen molar-refractivity contribution in [2.24, 2.45) is 0 Å². The molecule has 2 heterocycles. The van der Waals surface area contributed by atoms with Crippen LogP contribution in [-0.4, -0.2) is 20.9 Å². The van der Waals surface area contributed by atoms with Gasteiger partial charge in [0.1, 0.15) is 5.69 Å². The van der Waals surface area contributed by atoms with Crippen molar-refractivity contribution in [2.75, 3.05) is 5.32 Å². The largest absolute Gasteiger partial charge is 0.319 e. The van der Waals surface area contributed by atoms with E-state index in [1.165, 1.54) is 16.9 Å². The summed E-state index contributed by atoms with van der Waals surface area (Å²) in [4.78, 5) is 36.0. The molecule has 0 fully saturated rings. The molecule has 2 aromatic carbocycles. The summed E-state index contributed by atoms with van der Waals surface area (Å²) in [5.74, 6) is -0.195. The number of fused-ring (bicyclic) bond motifs is 1. The molecule has 0 bridgehead atoms. The molecular formula is C21H18N4O2S. The first-order valence-electron chi connectivity index (χ1n) is 8.89. The minimum atomic E-state index is -0.262. The van der Waals surface area contributed by atoms with E-state index in [-0.39, 0.29) is 24.3 Å². The Morgan fingerprint density at radius 3 is 2.71 bits per heavy atom. The number of carbonyl (C=O) groups excluding carboxylic acids is 1. The second kappa shape index (κ2) is 7.74. The molecule has 2 aromatic heterocycles. The standard InChI is InChI=1S/C21H18N4O2S/c1-13-6-8-14(9-7-13)18-12-28-21(24-18)25-19(26)11-10-17-20(27)23-16-5-3-2-4-15(16)22-17/h2-9,12H,10-11H2,1H3,(H,23,27)(H,24,25,26). The lowest BCUT2D eigenvalue weighted by atomic mass is 10.1. The first-order chi connectivity index (χ1) is 13.6. The predicted octanol–water partition coefficient (Wildman–Crippen LogP) is 3.93. The van der Waals surface area contributed by atoms with Crippen LogP contribution in [0.25, 0.3) is 22.3 Å². The summed E-state index contributed by atoms with van der Waals surface area (Å²) in [7, 11) is 0. The summed E-state index contributed by atoms with van der Waals surface area (Å²) in [6.07, 6.45) is 0.427. The number of amides is 1. The highest BCUT2D eigenvalue weighted by atomic mass is 32.1. The van der Waals surface area contributed by atoms with Crippen LogP contribution >= 0.6 is 11.3 Å². The second-order valence-electron chi connectivity index (χ2n) is 6.48. The Morgan fingerprint density at radius 2 is 1.89 bits per heavy atom. The number of nitrogens with zero attached hydrogens (tertiary/aromatic N) is 2. The zero-order valence-electron chi connectivity index (χ0n) is 15.2. The third kappa shape index (κ3) is 3.99. The van der Waals surface area contributed by atoms with Gasteiger partial charge in [-0.15, -0.1) is 11.3 Å². The Bertz CT molecular complexity index is 1190. The summed E-state index contributed by atoms with van der Waals surface area (Å²) < 4.78 is 0. The first-order valence-corrected chi connectivity index (χ1v) is 9.77. The second-order valence-corrected chi connectivity index (χ2v) is 7.34. The molecule has 0 saturated heterocycles. The summed E-state index contributed by atoms with van der Waals surface area (Å²) in [6.45, 7) is 2.03. The molecule has 2 N–H and O–H groups in total. The fourth-order valence-electron chi connectivity index (χ4n) is 2.84. The van der Waals surface area contributed by atoms with Gasteiger partial charge in [-0.25, -0.2) is 9.97 Å². The van der Waals surface area contributed by atoms with E-state index in [1.807, 2.05) is 54.8 Å². The van der Waals surface area contributed by atoms with Crippen molar-refractivity contribution in [3.63, 3.8) is 0 Å². The van der Waals surface area contributed by atoms with Gasteiger partial charge in [-0.1, -0.05) is 42.0 Å². The van der Waals surface area contributed by atoms with Crippen molar-refractivity contribution >= 4 is 33.4 Å². The van der Waals surface area contributed by atoms with Gasteiger partial charge in [0.25, 0.3) is 5.56 Å². The van der Waals surface area contributed by atoms with Crippen LogP contribution in [0.1, 0.15) is 17.7 Å². The van der Waals surface area contributed by atoms with Crippen LogP contribution in [0.3, 0.4) is 0 Å². The normalized spacial score (nSPS) is 10.9. The third-order valence-corrected chi connectivity index (χ3v) is 5.11. The fourth-order valence-corrected chi connectivity index (χ4v) is 3.57. The molecule has 0 saturated carbocycles. The molecule has 0 aliphatic heterocycles. The molecule has 0 radical (unpaired) electrons. The monoisotopic (exact) mass is 390 g/mol. The molecule has 7 heteroatoms. The Hall–Kier alpha value is -3.32. The summed E-state index contributed by atoms with van der Waals surface area (Å²) >= 11 is 1.38. The lowest BCUT2D eigenvalue weighted by molar-refractivity contribution is -0.116. The lowest BCUT2D eigenvalue weighted by Crippen LogP contribution is -2.18. The van der Waals surface area contributed by atoms with Gasteiger partial charge in [0, 0.05) is 23.8 Å². The van der Waals surface area contributed by atoms with Crippen molar-refractivity contribution in [3.05, 3.63) is 75.5 Å². The van der Waals surface area contributed by atoms with Gasteiger partial charge in [0.2, 0.25) is 5.91 Å². The van der Waals surface area contributed by atoms with Gasteiger partial charge >= 0.3 is 0 Å². The molecule has 1 amide bonds. The van der Waals surface area contributed by atoms with E-state index in [9.17, 15) is 9.59 Å². The first kappa shape index (κ1) is 18.1. The number of aromatic nitrogens is 3. The number of thiazole rings is 1. The van der Waals surface area contributed by atoms with Gasteiger partial charge in [-0.3, -0.25) is 9.59 Å². The molecule has 6 nitrogen and oxygen atoms in total. The maximum Gasteiger partial charge on any atom is 0.270 e. The van der Waals surface area contributed by atoms with Crippen LogP contribution in [0.2, 0.25) is 0 Å². The van der Waals surface area contributed by atoms with E-state index in [0.29, 0.717) is 21.9 Å². The maximum absolute atomic E-state index is 12.3. The van der Waals surface area contributed by atoms with Crippen LogP contribution < -0.4 is 10.9 Å². The zero-order chi connectivity index (χ0) is 19.5. The number of aromatic amines is 1. The number of hydrogen-bond donors (Lipinski definition) is 2. The number of rotatable bonds is 5. The molecule has 0 spiro atoms. The van der Waals surface area contributed by atoms with Crippen LogP contribution in [0, 0.1) is 6.92 Å². The summed E-state index contributed by atoms with van der Waals surface area (Å²) in [5, 5.41) is 5.25. The molecule has 0 aliphatic rings. The SMILES string of the molecule is Cc1ccc(-c2csc(NC(=O)CCc3nc4ccccc4[nH]c3=O)n2)cc1. The van der Waals surface area contributed by atoms with Crippen LogP contribution in [0.4, 0.5) is 5.13 Å². The van der Waals surface area contributed by atoms with Gasteiger partial charge in [0.15, 0.2) is 5.13 Å². The van der Waals surface area contributed by atoms with E-state index < -0.39 is 0 Å². The van der Waals surface area contributed by atoms with E-state index >= 15 is 0 Å². The van der Waals surface area contributed by atoms with E-state index in [0.717, 1.165) is 11.3 Å². The smallest absolute Gasteiger partial charge is 0.270 e. The average molecular weight is 390 g/mol. The van der Waals surface area contributed by atoms with Gasteiger partial charge < -0.3 is 10.3 Å². The minimum absolute atomic E-state index is 0.161. The number of hydrogen-bond acceptors (Lipinski definition) is 5. The Balaban J connectivity index is 1.41. The number of anilines is 1. The zero-order valence-corrected chi connectivity index (χ0v) is 16.0. The predicted molar refractivity (Wildman–Crippen MR) is 112 cm³/mol. The van der Waals surface area contributed by atoms with Crippen molar-refractivity contribution < 1.29 is 4.79 Å². The van der Waals surface area contributed by atoms with Gasteiger partial charge in [-0.2, -0.15) is 0 Å². The van der Waals surface area contributed by atoms with Crippen molar-refractivity contribution in [3.8, 4) is 11.3 Å². The fraction of sp³-hybridized carbons (Fsp3) is 0.143. The van der Waals surface area contributed by atoms with Crippen LogP contribution in [0.5, 0.6) is 0 Å². The number of H-pyrrole nitrogens is 1. The van der Waals surface area contributed by atoms with Crippen LogP contribution in [-0.2, 0) is 11.2 Å². The van der Waals surface area contributed by atoms with Gasteiger partial charge in [0.05, 0.1) is 16.7 Å². The van der Waals surface area contributed by atoms with Gasteiger partial charge in [-0.05, 0) is 19.1 Å². The van der Waals surface area contributed by atoms with Crippen LogP contribution in [0.15, 0.2) is 58.7 Å². The highest BCUT2D eigenvalue weighted by molar-refractivity contribution is 7.14.